The van der Waals surface area contributed by atoms with Crippen molar-refractivity contribution in [1.82, 2.24) is 4.90 Å². The molecule has 0 radical (unpaired) electrons. The summed E-state index contributed by atoms with van der Waals surface area (Å²) in [5.41, 5.74) is -0.141. The molecule has 0 aromatic heterocycles. The van der Waals surface area contributed by atoms with E-state index in [0.29, 0.717) is 12.2 Å². The van der Waals surface area contributed by atoms with Crippen molar-refractivity contribution in [3.63, 3.8) is 0 Å². The summed E-state index contributed by atoms with van der Waals surface area (Å²) in [5, 5.41) is 9.05. The van der Waals surface area contributed by atoms with E-state index in [2.05, 4.69) is 0 Å². The molecule has 2 unspecified atom stereocenters. The molecule has 0 spiro atoms. The maximum absolute atomic E-state index is 14.1. The number of hydrogen-bond acceptors (Lipinski definition) is 4. The number of aliphatic carboxylic acids is 1. The molecule has 4 aliphatic rings. The Kier molecular flexibility index (Phi) is 2.46. The minimum atomic E-state index is -1.38. The van der Waals surface area contributed by atoms with Crippen molar-refractivity contribution in [3.8, 4) is 0 Å². The van der Waals surface area contributed by atoms with Gasteiger partial charge in [0.2, 0.25) is 5.78 Å². The highest BCUT2D eigenvalue weighted by Gasteiger charge is 2.47. The molecule has 2 aliphatic carbocycles. The summed E-state index contributed by atoms with van der Waals surface area (Å²) in [6, 6.07) is -0.611. The molecule has 0 bridgehead atoms. The van der Waals surface area contributed by atoms with Crippen LogP contribution in [0.1, 0.15) is 0 Å². The number of carboxylic acid groups (broad SMARTS) is 1. The number of rotatable bonds is 1. The van der Waals surface area contributed by atoms with Gasteiger partial charge in [-0.2, -0.15) is 4.39 Å². The van der Waals surface area contributed by atoms with Crippen molar-refractivity contribution >= 4 is 11.8 Å². The predicted molar refractivity (Wildman–Crippen MR) is 69.3 cm³/mol. The van der Waals surface area contributed by atoms with E-state index in [-0.39, 0.29) is 11.5 Å². The molecule has 22 heavy (non-hydrogen) atoms. The molecule has 2 aliphatic heterocycles. The number of allylic oxidation sites excluding steroid dienone is 4. The topological polar surface area (TPSA) is 66.8 Å². The molecular weight excluding hydrogens is 296 g/mol. The first-order chi connectivity index (χ1) is 10.5. The SMILES string of the molecule is O=C(O)C1=CC2=C(OC3=C(F)C(F)=CC4C=CCN2C34)C1=O. The zero-order valence-electron chi connectivity index (χ0n) is 11.0. The van der Waals surface area contributed by atoms with Crippen molar-refractivity contribution in [1.29, 1.82) is 0 Å². The van der Waals surface area contributed by atoms with Gasteiger partial charge in [-0.05, 0) is 12.2 Å². The first kappa shape index (κ1) is 13.0. The standard InChI is InChI=1S/C15H9F2NO4/c16-8-4-6-2-1-3-18-9-5-7(15(20)21)12(19)13(9)22-14(10(8)17)11(6)18/h1-2,4-6,11H,3H2,(H,20,21). The van der Waals surface area contributed by atoms with Crippen molar-refractivity contribution in [2.24, 2.45) is 5.92 Å². The Labute approximate surface area is 123 Å². The summed E-state index contributed by atoms with van der Waals surface area (Å²) in [4.78, 5) is 24.8. The van der Waals surface area contributed by atoms with Gasteiger partial charge in [0.1, 0.15) is 11.6 Å². The summed E-state index contributed by atoms with van der Waals surface area (Å²) in [5.74, 6) is -5.37. The maximum atomic E-state index is 14.1. The van der Waals surface area contributed by atoms with Crippen molar-refractivity contribution in [2.45, 2.75) is 6.04 Å². The lowest BCUT2D eigenvalue weighted by molar-refractivity contribution is -0.134. The fourth-order valence-corrected chi connectivity index (χ4v) is 3.15. The lowest BCUT2D eigenvalue weighted by Gasteiger charge is -2.44. The molecule has 4 rings (SSSR count). The number of fused-ring (bicyclic) bond motifs is 1. The minimum Gasteiger partial charge on any atom is -0.478 e. The molecule has 112 valence electrons. The Bertz CT molecular complexity index is 787. The highest BCUT2D eigenvalue weighted by atomic mass is 19.2. The number of carboxylic acids is 1. The third kappa shape index (κ3) is 1.50. The van der Waals surface area contributed by atoms with Gasteiger partial charge in [0.05, 0.1) is 5.70 Å². The van der Waals surface area contributed by atoms with Crippen LogP contribution in [0.5, 0.6) is 0 Å². The number of halogens is 2. The van der Waals surface area contributed by atoms with E-state index in [9.17, 15) is 18.4 Å². The molecule has 2 heterocycles. The van der Waals surface area contributed by atoms with Crippen LogP contribution in [0.3, 0.4) is 0 Å². The van der Waals surface area contributed by atoms with Crippen LogP contribution in [0.4, 0.5) is 8.78 Å². The van der Waals surface area contributed by atoms with Crippen molar-refractivity contribution in [3.05, 3.63) is 58.7 Å². The second-order valence-electron chi connectivity index (χ2n) is 5.30. The fraction of sp³-hybridized carbons (Fsp3) is 0.200. The van der Waals surface area contributed by atoms with Gasteiger partial charge < -0.3 is 14.7 Å². The Morgan fingerprint density at radius 2 is 2.18 bits per heavy atom. The number of carbonyl (C=O) groups excluding carboxylic acids is 1. The fourth-order valence-electron chi connectivity index (χ4n) is 3.15. The highest BCUT2D eigenvalue weighted by molar-refractivity contribution is 6.25. The first-order valence-corrected chi connectivity index (χ1v) is 6.61. The summed E-state index contributed by atoms with van der Waals surface area (Å²) in [7, 11) is 0. The van der Waals surface area contributed by atoms with Gasteiger partial charge in [-0.3, -0.25) is 4.79 Å². The van der Waals surface area contributed by atoms with Crippen LogP contribution < -0.4 is 0 Å². The summed E-state index contributed by atoms with van der Waals surface area (Å²) in [6.07, 6.45) is 5.87. The van der Waals surface area contributed by atoms with E-state index >= 15 is 0 Å². The van der Waals surface area contributed by atoms with E-state index in [1.165, 1.54) is 6.08 Å². The van der Waals surface area contributed by atoms with Crippen LogP contribution in [0.15, 0.2) is 58.7 Å². The molecule has 5 nitrogen and oxygen atoms in total. The van der Waals surface area contributed by atoms with Gasteiger partial charge in [-0.25, -0.2) is 9.18 Å². The third-order valence-corrected chi connectivity index (χ3v) is 4.11. The Balaban J connectivity index is 1.88. The van der Waals surface area contributed by atoms with Crippen LogP contribution in [0, 0.1) is 5.92 Å². The largest absolute Gasteiger partial charge is 0.478 e. The third-order valence-electron chi connectivity index (χ3n) is 4.11. The normalized spacial score (nSPS) is 29.0. The number of Topliss-reactive ketones (excluding diaryl/α,β-unsaturated/α-hetero) is 1. The van der Waals surface area contributed by atoms with Crippen LogP contribution in [-0.2, 0) is 14.3 Å². The van der Waals surface area contributed by atoms with Crippen LogP contribution >= 0.6 is 0 Å². The molecule has 0 saturated heterocycles. The molecule has 1 N–H and O–H groups in total. The van der Waals surface area contributed by atoms with E-state index in [1.807, 2.05) is 0 Å². The zero-order chi connectivity index (χ0) is 15.6. The molecule has 0 aromatic rings. The van der Waals surface area contributed by atoms with Crippen molar-refractivity contribution in [2.75, 3.05) is 6.54 Å². The smallest absolute Gasteiger partial charge is 0.339 e. The quantitative estimate of drug-likeness (QED) is 0.590. The molecule has 0 fully saturated rings. The Morgan fingerprint density at radius 3 is 2.91 bits per heavy atom. The molecule has 0 aromatic carbocycles. The lowest BCUT2D eigenvalue weighted by Crippen LogP contribution is -2.47. The van der Waals surface area contributed by atoms with E-state index in [1.54, 1.807) is 17.1 Å². The van der Waals surface area contributed by atoms with Gasteiger partial charge in [-0.15, -0.1) is 0 Å². The number of nitrogens with zero attached hydrogens (tertiary/aromatic N) is 1. The van der Waals surface area contributed by atoms with Gasteiger partial charge in [-0.1, -0.05) is 12.2 Å². The molecule has 0 amide bonds. The zero-order valence-corrected chi connectivity index (χ0v) is 11.0. The van der Waals surface area contributed by atoms with Gasteiger partial charge in [0, 0.05) is 12.5 Å². The maximum Gasteiger partial charge on any atom is 0.339 e. The van der Waals surface area contributed by atoms with Crippen LogP contribution in [-0.4, -0.2) is 34.3 Å². The number of hydrogen-bond donors (Lipinski definition) is 1. The Morgan fingerprint density at radius 1 is 1.41 bits per heavy atom. The summed E-state index contributed by atoms with van der Waals surface area (Å²) >= 11 is 0. The number of ketones is 1. The number of carbonyl (C=O) groups is 2. The Hall–Kier alpha value is -2.70. The van der Waals surface area contributed by atoms with Crippen molar-refractivity contribution < 1.29 is 28.2 Å². The first-order valence-electron chi connectivity index (χ1n) is 6.61. The summed E-state index contributed by atoms with van der Waals surface area (Å²) in [6.45, 7) is 0.353. The molecule has 2 atom stereocenters. The molecule has 0 saturated carbocycles. The van der Waals surface area contributed by atoms with E-state index in [0.717, 1.165) is 6.08 Å². The summed E-state index contributed by atoms with van der Waals surface area (Å²) < 4.78 is 33.0. The second-order valence-corrected chi connectivity index (χ2v) is 5.30. The van der Waals surface area contributed by atoms with E-state index < -0.39 is 40.9 Å². The second kappa shape index (κ2) is 4.16. The number of ether oxygens (including phenoxy) is 1. The minimum absolute atomic E-state index is 0.262. The average molecular weight is 305 g/mol. The molecule has 7 heteroatoms. The predicted octanol–water partition coefficient (Wildman–Crippen LogP) is 1.73. The van der Waals surface area contributed by atoms with Gasteiger partial charge >= 0.3 is 5.97 Å². The van der Waals surface area contributed by atoms with Gasteiger partial charge in [0.25, 0.3) is 0 Å². The van der Waals surface area contributed by atoms with Crippen LogP contribution in [0.25, 0.3) is 0 Å². The highest BCUT2D eigenvalue weighted by Crippen LogP contribution is 2.45. The average Bonchev–Trinajstić information content (AvgIpc) is 2.82. The van der Waals surface area contributed by atoms with Gasteiger partial charge in [0.15, 0.2) is 23.2 Å². The monoisotopic (exact) mass is 305 g/mol. The van der Waals surface area contributed by atoms with E-state index in [4.69, 9.17) is 9.84 Å². The van der Waals surface area contributed by atoms with Crippen LogP contribution in [0.2, 0.25) is 0 Å². The lowest BCUT2D eigenvalue weighted by atomic mass is 9.87. The molecular formula is C15H9F2NO4.